The van der Waals surface area contributed by atoms with Crippen LogP contribution in [0.3, 0.4) is 0 Å². The summed E-state index contributed by atoms with van der Waals surface area (Å²) < 4.78 is 17.7. The molecule has 2 nitrogen and oxygen atoms in total. The summed E-state index contributed by atoms with van der Waals surface area (Å²) in [6.45, 7) is 0. The highest BCUT2D eigenvalue weighted by Crippen LogP contribution is 2.39. The van der Waals surface area contributed by atoms with Gasteiger partial charge in [0.25, 0.3) is 0 Å². The second-order valence-corrected chi connectivity index (χ2v) is 4.98. The first-order valence-electron chi connectivity index (χ1n) is 6.53. The average molecular weight is 250 g/mol. The molecule has 3 heteroatoms. The van der Waals surface area contributed by atoms with Gasteiger partial charge in [-0.3, -0.25) is 4.79 Å². The lowest BCUT2D eigenvalue weighted by Gasteiger charge is -2.31. The van der Waals surface area contributed by atoms with Gasteiger partial charge >= 0.3 is 5.97 Å². The Hall–Kier alpha value is -1.38. The van der Waals surface area contributed by atoms with Gasteiger partial charge in [-0.2, -0.15) is 0 Å². The highest BCUT2D eigenvalue weighted by atomic mass is 19.1. The molecule has 0 radical (unpaired) electrons. The quantitative estimate of drug-likeness (QED) is 0.765. The van der Waals surface area contributed by atoms with E-state index in [9.17, 15) is 9.18 Å². The fourth-order valence-electron chi connectivity index (χ4n) is 2.90. The van der Waals surface area contributed by atoms with Gasteiger partial charge in [0.2, 0.25) is 0 Å². The van der Waals surface area contributed by atoms with Crippen LogP contribution in [-0.2, 0) is 9.53 Å². The van der Waals surface area contributed by atoms with Gasteiger partial charge in [0.1, 0.15) is 5.82 Å². The van der Waals surface area contributed by atoms with Gasteiger partial charge in [0.15, 0.2) is 0 Å². The minimum Gasteiger partial charge on any atom is -0.469 e. The summed E-state index contributed by atoms with van der Waals surface area (Å²) in [5, 5.41) is 0. The number of carbonyl (C=O) groups is 1. The Bertz CT molecular complexity index is 399. The predicted octanol–water partition coefficient (Wildman–Crippen LogP) is 3.66. The second-order valence-electron chi connectivity index (χ2n) is 4.98. The SMILES string of the molecule is COC(=O)CC1CCCCC1c1ccc(F)cc1. The van der Waals surface area contributed by atoms with E-state index in [2.05, 4.69) is 0 Å². The molecule has 2 atom stereocenters. The molecule has 1 aliphatic carbocycles. The average Bonchev–Trinajstić information content (AvgIpc) is 2.40. The summed E-state index contributed by atoms with van der Waals surface area (Å²) in [6, 6.07) is 6.68. The van der Waals surface area contributed by atoms with E-state index < -0.39 is 0 Å². The van der Waals surface area contributed by atoms with E-state index in [0.29, 0.717) is 18.3 Å². The molecule has 0 N–H and O–H groups in total. The van der Waals surface area contributed by atoms with Gasteiger partial charge < -0.3 is 4.74 Å². The van der Waals surface area contributed by atoms with E-state index in [0.717, 1.165) is 18.4 Å². The topological polar surface area (TPSA) is 26.3 Å². The maximum atomic E-state index is 12.9. The summed E-state index contributed by atoms with van der Waals surface area (Å²) in [4.78, 5) is 11.4. The molecule has 98 valence electrons. The van der Waals surface area contributed by atoms with Crippen molar-refractivity contribution in [2.75, 3.05) is 7.11 Å². The number of rotatable bonds is 3. The van der Waals surface area contributed by atoms with Gasteiger partial charge in [-0.25, -0.2) is 4.39 Å². The van der Waals surface area contributed by atoms with Crippen LogP contribution in [0.15, 0.2) is 24.3 Å². The molecule has 0 spiro atoms. The Kier molecular flexibility index (Phi) is 4.34. The van der Waals surface area contributed by atoms with E-state index in [4.69, 9.17) is 4.74 Å². The Morgan fingerprint density at radius 2 is 1.94 bits per heavy atom. The standard InChI is InChI=1S/C15H19FO2/c1-18-15(17)10-12-4-2-3-5-14(12)11-6-8-13(16)9-7-11/h6-9,12,14H,2-5,10H2,1H3. The molecule has 1 aromatic carbocycles. The van der Waals surface area contributed by atoms with E-state index in [-0.39, 0.29) is 11.8 Å². The highest BCUT2D eigenvalue weighted by molar-refractivity contribution is 5.69. The van der Waals surface area contributed by atoms with E-state index in [1.807, 2.05) is 12.1 Å². The van der Waals surface area contributed by atoms with Crippen molar-refractivity contribution in [3.8, 4) is 0 Å². The Morgan fingerprint density at radius 1 is 1.28 bits per heavy atom. The summed E-state index contributed by atoms with van der Waals surface area (Å²) >= 11 is 0. The molecule has 0 bridgehead atoms. The van der Waals surface area contributed by atoms with Crippen LogP contribution in [0.4, 0.5) is 4.39 Å². The Morgan fingerprint density at radius 3 is 2.61 bits per heavy atom. The van der Waals surface area contributed by atoms with Gasteiger partial charge in [-0.1, -0.05) is 25.0 Å². The fraction of sp³-hybridized carbons (Fsp3) is 0.533. The van der Waals surface area contributed by atoms with Crippen LogP contribution >= 0.6 is 0 Å². The lowest BCUT2D eigenvalue weighted by molar-refractivity contribution is -0.142. The van der Waals surface area contributed by atoms with Crippen molar-refractivity contribution < 1.29 is 13.9 Å². The molecule has 1 aromatic rings. The minimum absolute atomic E-state index is 0.144. The molecule has 0 amide bonds. The molecule has 0 aliphatic heterocycles. The molecule has 2 rings (SSSR count). The third-order valence-electron chi connectivity index (χ3n) is 3.86. The number of hydrogen-bond acceptors (Lipinski definition) is 2. The third kappa shape index (κ3) is 3.09. The summed E-state index contributed by atoms with van der Waals surface area (Å²) in [7, 11) is 1.43. The van der Waals surface area contributed by atoms with Crippen LogP contribution in [0, 0.1) is 11.7 Å². The smallest absolute Gasteiger partial charge is 0.305 e. The number of halogens is 1. The largest absolute Gasteiger partial charge is 0.469 e. The number of esters is 1. The van der Waals surface area contributed by atoms with E-state index in [1.54, 1.807) is 0 Å². The van der Waals surface area contributed by atoms with E-state index in [1.165, 1.54) is 32.1 Å². The predicted molar refractivity (Wildman–Crippen MR) is 67.7 cm³/mol. The van der Waals surface area contributed by atoms with Crippen molar-refractivity contribution >= 4 is 5.97 Å². The monoisotopic (exact) mass is 250 g/mol. The van der Waals surface area contributed by atoms with Crippen LogP contribution in [0.25, 0.3) is 0 Å². The van der Waals surface area contributed by atoms with Crippen LogP contribution in [-0.4, -0.2) is 13.1 Å². The lowest BCUT2D eigenvalue weighted by atomic mass is 9.74. The zero-order valence-corrected chi connectivity index (χ0v) is 10.7. The molecule has 2 unspecified atom stereocenters. The van der Waals surface area contributed by atoms with Crippen molar-refractivity contribution in [2.45, 2.75) is 38.0 Å². The summed E-state index contributed by atoms with van der Waals surface area (Å²) in [5.74, 6) is 0.336. The maximum absolute atomic E-state index is 12.9. The van der Waals surface area contributed by atoms with Crippen molar-refractivity contribution in [3.05, 3.63) is 35.6 Å². The molecular weight excluding hydrogens is 231 g/mol. The number of benzene rings is 1. The second kappa shape index (κ2) is 5.98. The fourth-order valence-corrected chi connectivity index (χ4v) is 2.90. The highest BCUT2D eigenvalue weighted by Gasteiger charge is 2.28. The molecular formula is C15H19FO2. The van der Waals surface area contributed by atoms with Crippen LogP contribution in [0.2, 0.25) is 0 Å². The lowest BCUT2D eigenvalue weighted by Crippen LogP contribution is -2.21. The zero-order chi connectivity index (χ0) is 13.0. The first-order valence-corrected chi connectivity index (χ1v) is 6.53. The molecule has 1 aliphatic rings. The Labute approximate surface area is 107 Å². The third-order valence-corrected chi connectivity index (χ3v) is 3.86. The first kappa shape index (κ1) is 13.1. The molecule has 1 saturated carbocycles. The molecule has 0 heterocycles. The number of methoxy groups -OCH3 is 1. The maximum Gasteiger partial charge on any atom is 0.305 e. The minimum atomic E-state index is -0.209. The molecule has 0 saturated heterocycles. The molecule has 0 aromatic heterocycles. The van der Waals surface area contributed by atoms with E-state index >= 15 is 0 Å². The number of ether oxygens (including phenoxy) is 1. The van der Waals surface area contributed by atoms with Crippen molar-refractivity contribution in [1.82, 2.24) is 0 Å². The van der Waals surface area contributed by atoms with Crippen LogP contribution in [0.5, 0.6) is 0 Å². The Balaban J connectivity index is 2.12. The van der Waals surface area contributed by atoms with Gasteiger partial charge in [0, 0.05) is 6.42 Å². The summed E-state index contributed by atoms with van der Waals surface area (Å²) in [5.41, 5.74) is 1.14. The van der Waals surface area contributed by atoms with Crippen molar-refractivity contribution in [1.29, 1.82) is 0 Å². The summed E-state index contributed by atoms with van der Waals surface area (Å²) in [6.07, 6.45) is 4.95. The molecule has 1 fully saturated rings. The van der Waals surface area contributed by atoms with Gasteiger partial charge in [-0.15, -0.1) is 0 Å². The number of hydrogen-bond donors (Lipinski definition) is 0. The van der Waals surface area contributed by atoms with Gasteiger partial charge in [-0.05, 0) is 42.4 Å². The zero-order valence-electron chi connectivity index (χ0n) is 10.7. The van der Waals surface area contributed by atoms with Crippen LogP contribution < -0.4 is 0 Å². The first-order chi connectivity index (χ1) is 8.70. The van der Waals surface area contributed by atoms with Crippen LogP contribution in [0.1, 0.15) is 43.6 Å². The number of carbonyl (C=O) groups excluding carboxylic acids is 1. The van der Waals surface area contributed by atoms with Crippen molar-refractivity contribution in [3.63, 3.8) is 0 Å². The van der Waals surface area contributed by atoms with Crippen molar-refractivity contribution in [2.24, 2.45) is 5.92 Å². The van der Waals surface area contributed by atoms with Gasteiger partial charge in [0.05, 0.1) is 7.11 Å². The molecule has 18 heavy (non-hydrogen) atoms. The normalized spacial score (nSPS) is 23.7.